The van der Waals surface area contributed by atoms with Gasteiger partial charge in [0.2, 0.25) is 5.91 Å². The number of hydrogen-bond donors (Lipinski definition) is 1. The number of rotatable bonds is 5. The van der Waals surface area contributed by atoms with Gasteiger partial charge in [0.15, 0.2) is 11.5 Å². The lowest BCUT2D eigenvalue weighted by Gasteiger charge is -2.39. The third kappa shape index (κ3) is 3.61. The highest BCUT2D eigenvalue weighted by Crippen LogP contribution is 2.35. The van der Waals surface area contributed by atoms with E-state index in [1.807, 2.05) is 12.1 Å². The maximum absolute atomic E-state index is 12.3. The summed E-state index contributed by atoms with van der Waals surface area (Å²) in [5.74, 6) is 2.97. The lowest BCUT2D eigenvalue weighted by Crippen LogP contribution is -2.51. The smallest absolute Gasteiger partial charge is 0.225 e. The zero-order chi connectivity index (χ0) is 17.2. The number of amides is 1. The van der Waals surface area contributed by atoms with Crippen molar-refractivity contribution in [2.75, 3.05) is 26.3 Å². The molecule has 1 aromatic rings. The van der Waals surface area contributed by atoms with Crippen molar-refractivity contribution < 1.29 is 14.3 Å². The number of hydrogen-bond acceptors (Lipinski definition) is 4. The van der Waals surface area contributed by atoms with Crippen molar-refractivity contribution >= 4 is 5.91 Å². The van der Waals surface area contributed by atoms with E-state index in [9.17, 15) is 4.79 Å². The number of nitrogens with one attached hydrogen (secondary N) is 1. The molecule has 1 aromatic carbocycles. The molecule has 1 N–H and O–H groups in total. The molecule has 5 heteroatoms. The molecule has 1 saturated heterocycles. The third-order valence-electron chi connectivity index (χ3n) is 5.70. The van der Waals surface area contributed by atoms with Gasteiger partial charge in [-0.15, -0.1) is 0 Å². The van der Waals surface area contributed by atoms with Crippen LogP contribution in [0.25, 0.3) is 0 Å². The predicted octanol–water partition coefficient (Wildman–Crippen LogP) is 2.58. The Kier molecular flexibility index (Phi) is 4.84. The number of fused-ring (bicyclic) bond motifs is 1. The summed E-state index contributed by atoms with van der Waals surface area (Å²) >= 11 is 0. The fraction of sp³-hybridized carbons (Fsp3) is 0.650. The molecule has 0 bridgehead atoms. The van der Waals surface area contributed by atoms with Gasteiger partial charge < -0.3 is 19.7 Å². The largest absolute Gasteiger partial charge is 0.486 e. The van der Waals surface area contributed by atoms with Gasteiger partial charge in [-0.3, -0.25) is 4.79 Å². The van der Waals surface area contributed by atoms with Crippen molar-refractivity contribution in [3.8, 4) is 11.5 Å². The second kappa shape index (κ2) is 7.24. The third-order valence-corrected chi connectivity index (χ3v) is 5.70. The van der Waals surface area contributed by atoms with E-state index in [0.29, 0.717) is 37.0 Å². The first-order valence-corrected chi connectivity index (χ1v) is 9.66. The van der Waals surface area contributed by atoms with Gasteiger partial charge in [0.05, 0.1) is 0 Å². The van der Waals surface area contributed by atoms with Crippen LogP contribution in [-0.2, 0) is 11.3 Å². The molecule has 0 unspecified atom stereocenters. The number of carbonyl (C=O) groups is 1. The first kappa shape index (κ1) is 16.7. The Labute approximate surface area is 149 Å². The number of likely N-dealkylation sites (tertiary alicyclic amines) is 1. The number of para-hydroxylation sites is 1. The molecule has 1 saturated carbocycles. The molecule has 1 amide bonds. The van der Waals surface area contributed by atoms with Gasteiger partial charge in [-0.2, -0.15) is 0 Å². The summed E-state index contributed by atoms with van der Waals surface area (Å²) in [6, 6.07) is 6.55. The fourth-order valence-electron chi connectivity index (χ4n) is 4.02. The second-order valence-corrected chi connectivity index (χ2v) is 7.44. The molecule has 0 radical (unpaired) electrons. The molecule has 2 fully saturated rings. The maximum Gasteiger partial charge on any atom is 0.225 e. The topological polar surface area (TPSA) is 50.8 Å². The van der Waals surface area contributed by atoms with E-state index < -0.39 is 0 Å². The van der Waals surface area contributed by atoms with E-state index in [-0.39, 0.29) is 0 Å². The van der Waals surface area contributed by atoms with Crippen LogP contribution in [0.1, 0.15) is 38.2 Å². The molecule has 2 aliphatic heterocycles. The van der Waals surface area contributed by atoms with Crippen molar-refractivity contribution in [2.45, 2.75) is 45.2 Å². The van der Waals surface area contributed by atoms with Crippen molar-refractivity contribution in [1.82, 2.24) is 10.2 Å². The van der Waals surface area contributed by atoms with Gasteiger partial charge in [-0.25, -0.2) is 0 Å². The van der Waals surface area contributed by atoms with Crippen molar-refractivity contribution in [1.29, 1.82) is 0 Å². The SMILES string of the molecule is CC[C@H]1CN(C(=O)C2CC2)CC[C@H]1NCc1cccc2c1OCCO2. The summed E-state index contributed by atoms with van der Waals surface area (Å²) in [7, 11) is 0. The maximum atomic E-state index is 12.3. The average Bonchev–Trinajstić information content (AvgIpc) is 3.51. The van der Waals surface area contributed by atoms with Gasteiger partial charge in [0.1, 0.15) is 13.2 Å². The summed E-state index contributed by atoms with van der Waals surface area (Å²) in [5, 5.41) is 3.72. The van der Waals surface area contributed by atoms with E-state index >= 15 is 0 Å². The van der Waals surface area contributed by atoms with Crippen LogP contribution in [0.15, 0.2) is 18.2 Å². The molecule has 3 aliphatic rings. The average molecular weight is 344 g/mol. The number of benzene rings is 1. The van der Waals surface area contributed by atoms with E-state index in [2.05, 4.69) is 23.2 Å². The van der Waals surface area contributed by atoms with E-state index in [1.165, 1.54) is 0 Å². The minimum Gasteiger partial charge on any atom is -0.486 e. The van der Waals surface area contributed by atoms with Crippen LogP contribution in [0.4, 0.5) is 0 Å². The Balaban J connectivity index is 1.37. The highest BCUT2D eigenvalue weighted by Gasteiger charge is 2.37. The van der Waals surface area contributed by atoms with Gasteiger partial charge in [-0.05, 0) is 31.2 Å². The first-order valence-electron chi connectivity index (χ1n) is 9.66. The van der Waals surface area contributed by atoms with Crippen LogP contribution in [0.2, 0.25) is 0 Å². The molecule has 25 heavy (non-hydrogen) atoms. The van der Waals surface area contributed by atoms with Gasteiger partial charge in [0.25, 0.3) is 0 Å². The van der Waals surface area contributed by atoms with E-state index in [4.69, 9.17) is 9.47 Å². The van der Waals surface area contributed by atoms with E-state index in [0.717, 1.165) is 62.4 Å². The number of nitrogens with zero attached hydrogens (tertiary/aromatic N) is 1. The van der Waals surface area contributed by atoms with Gasteiger partial charge >= 0.3 is 0 Å². The Morgan fingerprint density at radius 2 is 2.08 bits per heavy atom. The second-order valence-electron chi connectivity index (χ2n) is 7.44. The predicted molar refractivity (Wildman–Crippen MR) is 95.8 cm³/mol. The number of piperidine rings is 1. The molecule has 136 valence electrons. The molecule has 0 spiro atoms. The van der Waals surface area contributed by atoms with Crippen LogP contribution in [0, 0.1) is 11.8 Å². The quantitative estimate of drug-likeness (QED) is 0.892. The highest BCUT2D eigenvalue weighted by atomic mass is 16.6. The van der Waals surface area contributed by atoms with Crippen LogP contribution in [0.3, 0.4) is 0 Å². The molecule has 2 atom stereocenters. The summed E-state index contributed by atoms with van der Waals surface area (Å²) in [4.78, 5) is 14.4. The summed E-state index contributed by atoms with van der Waals surface area (Å²) < 4.78 is 11.5. The Hall–Kier alpha value is -1.75. The lowest BCUT2D eigenvalue weighted by atomic mass is 9.89. The summed E-state index contributed by atoms with van der Waals surface area (Å²) in [5.41, 5.74) is 1.16. The van der Waals surface area contributed by atoms with Crippen LogP contribution < -0.4 is 14.8 Å². The molecular weight excluding hydrogens is 316 g/mol. The highest BCUT2D eigenvalue weighted by molar-refractivity contribution is 5.81. The first-order chi connectivity index (χ1) is 12.3. The minimum atomic E-state index is 0.329. The Bertz CT molecular complexity index is 629. The van der Waals surface area contributed by atoms with Crippen LogP contribution in [-0.4, -0.2) is 43.2 Å². The Morgan fingerprint density at radius 3 is 2.88 bits per heavy atom. The zero-order valence-corrected chi connectivity index (χ0v) is 15.0. The minimum absolute atomic E-state index is 0.329. The Morgan fingerprint density at radius 1 is 1.24 bits per heavy atom. The molecule has 2 heterocycles. The molecule has 0 aromatic heterocycles. The monoisotopic (exact) mass is 344 g/mol. The van der Waals surface area contributed by atoms with Crippen LogP contribution in [0.5, 0.6) is 11.5 Å². The summed E-state index contributed by atoms with van der Waals surface area (Å²) in [6.07, 6.45) is 4.31. The lowest BCUT2D eigenvalue weighted by molar-refractivity contribution is -0.134. The standard InChI is InChI=1S/C20H28N2O3/c1-2-14-13-22(20(23)15-6-7-15)9-8-17(14)21-12-16-4-3-5-18-19(16)25-11-10-24-18/h3-5,14-15,17,21H,2,6-13H2,1H3/t14-,17+/m0/s1. The van der Waals surface area contributed by atoms with E-state index in [1.54, 1.807) is 0 Å². The number of carbonyl (C=O) groups excluding carboxylic acids is 1. The van der Waals surface area contributed by atoms with Crippen molar-refractivity contribution in [3.63, 3.8) is 0 Å². The molecular formula is C20H28N2O3. The van der Waals surface area contributed by atoms with Gasteiger partial charge in [0, 0.05) is 37.2 Å². The number of ether oxygens (including phenoxy) is 2. The molecule has 1 aliphatic carbocycles. The van der Waals surface area contributed by atoms with Crippen LogP contribution >= 0.6 is 0 Å². The van der Waals surface area contributed by atoms with Crippen molar-refractivity contribution in [2.24, 2.45) is 11.8 Å². The normalized spacial score (nSPS) is 25.7. The molecule has 4 rings (SSSR count). The summed E-state index contributed by atoms with van der Waals surface area (Å²) in [6.45, 7) is 6.03. The van der Waals surface area contributed by atoms with Crippen molar-refractivity contribution in [3.05, 3.63) is 23.8 Å². The zero-order valence-electron chi connectivity index (χ0n) is 15.0. The fourth-order valence-corrected chi connectivity index (χ4v) is 4.02. The molecule has 5 nitrogen and oxygen atoms in total. The van der Waals surface area contributed by atoms with Gasteiger partial charge in [-0.1, -0.05) is 25.5 Å².